The molecule has 5 heteroatoms. The van der Waals surface area contributed by atoms with Crippen LogP contribution in [0.1, 0.15) is 57.0 Å². The zero-order valence-corrected chi connectivity index (χ0v) is 17.2. The van der Waals surface area contributed by atoms with E-state index in [0.29, 0.717) is 17.8 Å². The van der Waals surface area contributed by atoms with Gasteiger partial charge in [0.15, 0.2) is 5.78 Å². The highest BCUT2D eigenvalue weighted by Crippen LogP contribution is 2.32. The fraction of sp³-hybridized carbons (Fsp3) is 0.348. The summed E-state index contributed by atoms with van der Waals surface area (Å²) < 4.78 is 0. The third kappa shape index (κ3) is 5.52. The van der Waals surface area contributed by atoms with Crippen molar-refractivity contribution < 1.29 is 14.4 Å². The van der Waals surface area contributed by atoms with Crippen LogP contribution < -0.4 is 10.2 Å². The van der Waals surface area contributed by atoms with Crippen molar-refractivity contribution in [3.63, 3.8) is 0 Å². The Morgan fingerprint density at radius 2 is 1.54 bits per heavy atom. The average Bonchev–Trinajstić information content (AvgIpc) is 2.61. The minimum Gasteiger partial charge on any atom is -0.326 e. The predicted molar refractivity (Wildman–Crippen MR) is 113 cm³/mol. The van der Waals surface area contributed by atoms with Gasteiger partial charge < -0.3 is 10.2 Å². The van der Waals surface area contributed by atoms with Crippen LogP contribution in [0, 0.1) is 0 Å². The molecule has 2 rings (SSSR count). The van der Waals surface area contributed by atoms with Gasteiger partial charge in [0, 0.05) is 36.8 Å². The second kappa shape index (κ2) is 8.83. The highest BCUT2D eigenvalue weighted by Gasteiger charge is 2.23. The Morgan fingerprint density at radius 3 is 2.07 bits per heavy atom. The average molecular weight is 380 g/mol. The number of rotatable bonds is 6. The van der Waals surface area contributed by atoms with Crippen molar-refractivity contribution in [1.29, 1.82) is 0 Å². The Morgan fingerprint density at radius 1 is 0.929 bits per heavy atom. The highest BCUT2D eigenvalue weighted by atomic mass is 16.2. The van der Waals surface area contributed by atoms with Crippen molar-refractivity contribution in [1.82, 2.24) is 0 Å². The van der Waals surface area contributed by atoms with Crippen molar-refractivity contribution >= 4 is 29.0 Å². The molecule has 0 aliphatic carbocycles. The lowest BCUT2D eigenvalue weighted by Crippen LogP contribution is -2.34. The maximum absolute atomic E-state index is 12.4. The molecule has 0 saturated heterocycles. The summed E-state index contributed by atoms with van der Waals surface area (Å²) in [6.07, 6.45) is 0.173. The number of para-hydroxylation sites is 1. The van der Waals surface area contributed by atoms with Gasteiger partial charge >= 0.3 is 0 Å². The van der Waals surface area contributed by atoms with Crippen LogP contribution in [0.2, 0.25) is 0 Å². The Hall–Kier alpha value is -2.95. The third-order valence-electron chi connectivity index (χ3n) is 4.52. The molecule has 148 valence electrons. The number of anilines is 2. The van der Waals surface area contributed by atoms with E-state index < -0.39 is 0 Å². The number of nitrogens with one attached hydrogen (secondary N) is 1. The van der Waals surface area contributed by atoms with Gasteiger partial charge in [0.25, 0.3) is 0 Å². The number of Topliss-reactive ketones (excluding diaryl/α,β-unsaturated/α-hetero) is 1. The molecule has 0 bridgehead atoms. The SMILES string of the molecule is CC(=O)c1ccc(NC(=O)CCN(C(C)=O)c2ccccc2C(C)(C)C)cc1. The van der Waals surface area contributed by atoms with E-state index in [0.717, 1.165) is 11.3 Å². The van der Waals surface area contributed by atoms with Crippen LogP contribution in [0.5, 0.6) is 0 Å². The van der Waals surface area contributed by atoms with Crippen molar-refractivity contribution in [2.45, 2.75) is 46.5 Å². The van der Waals surface area contributed by atoms with Crippen molar-refractivity contribution in [3.8, 4) is 0 Å². The van der Waals surface area contributed by atoms with E-state index in [-0.39, 0.29) is 29.4 Å². The maximum Gasteiger partial charge on any atom is 0.226 e. The fourth-order valence-corrected chi connectivity index (χ4v) is 3.02. The van der Waals surface area contributed by atoms with Crippen LogP contribution in [0.15, 0.2) is 48.5 Å². The number of hydrogen-bond acceptors (Lipinski definition) is 3. The van der Waals surface area contributed by atoms with E-state index >= 15 is 0 Å². The summed E-state index contributed by atoms with van der Waals surface area (Å²) in [4.78, 5) is 37.6. The molecule has 2 aromatic rings. The first-order chi connectivity index (χ1) is 13.1. The number of carbonyl (C=O) groups is 3. The van der Waals surface area contributed by atoms with Gasteiger partial charge in [-0.2, -0.15) is 0 Å². The van der Waals surface area contributed by atoms with Gasteiger partial charge in [-0.15, -0.1) is 0 Å². The number of hydrogen-bond donors (Lipinski definition) is 1. The molecule has 0 heterocycles. The Kier molecular flexibility index (Phi) is 6.73. The Labute approximate surface area is 166 Å². The summed E-state index contributed by atoms with van der Waals surface area (Å²) >= 11 is 0. The molecule has 0 fully saturated rings. The van der Waals surface area contributed by atoms with Gasteiger partial charge in [-0.25, -0.2) is 0 Å². The van der Waals surface area contributed by atoms with Crippen molar-refractivity contribution in [2.24, 2.45) is 0 Å². The van der Waals surface area contributed by atoms with Crippen molar-refractivity contribution in [3.05, 3.63) is 59.7 Å². The lowest BCUT2D eigenvalue weighted by molar-refractivity contribution is -0.117. The molecule has 0 aromatic heterocycles. The minimum atomic E-state index is -0.185. The number of benzene rings is 2. The van der Waals surface area contributed by atoms with Gasteiger partial charge in [-0.1, -0.05) is 39.0 Å². The molecule has 5 nitrogen and oxygen atoms in total. The molecule has 0 aliphatic heterocycles. The molecule has 0 saturated carbocycles. The van der Waals surface area contributed by atoms with E-state index in [1.54, 1.807) is 29.2 Å². The predicted octanol–water partition coefficient (Wildman–Crippen LogP) is 4.57. The van der Waals surface area contributed by atoms with E-state index in [1.165, 1.54) is 13.8 Å². The quantitative estimate of drug-likeness (QED) is 0.747. The van der Waals surface area contributed by atoms with Crippen LogP contribution in [-0.4, -0.2) is 24.1 Å². The standard InChI is InChI=1S/C23H28N2O3/c1-16(26)18-10-12-19(13-11-18)24-22(28)14-15-25(17(2)27)21-9-7-6-8-20(21)23(3,4)5/h6-13H,14-15H2,1-5H3,(H,24,28). The first-order valence-electron chi connectivity index (χ1n) is 9.38. The smallest absolute Gasteiger partial charge is 0.226 e. The van der Waals surface area contributed by atoms with Gasteiger partial charge in [0.05, 0.1) is 0 Å². The number of carbonyl (C=O) groups excluding carboxylic acids is 3. The molecule has 0 atom stereocenters. The van der Waals surface area contributed by atoms with Crippen molar-refractivity contribution in [2.75, 3.05) is 16.8 Å². The molecular formula is C23H28N2O3. The summed E-state index contributed by atoms with van der Waals surface area (Å²) in [6, 6.07) is 14.6. The van der Waals surface area contributed by atoms with E-state index in [4.69, 9.17) is 0 Å². The topological polar surface area (TPSA) is 66.5 Å². The summed E-state index contributed by atoms with van der Waals surface area (Å²) in [5, 5.41) is 2.81. The zero-order valence-electron chi connectivity index (χ0n) is 17.2. The molecular weight excluding hydrogens is 352 g/mol. The lowest BCUT2D eigenvalue weighted by Gasteiger charge is -2.29. The largest absolute Gasteiger partial charge is 0.326 e. The number of ketones is 1. The molecule has 0 radical (unpaired) electrons. The van der Waals surface area contributed by atoms with Gasteiger partial charge in [0.2, 0.25) is 11.8 Å². The summed E-state index contributed by atoms with van der Waals surface area (Å²) in [7, 11) is 0. The zero-order chi connectivity index (χ0) is 20.9. The van der Waals surface area contributed by atoms with Crippen LogP contribution >= 0.6 is 0 Å². The lowest BCUT2D eigenvalue weighted by atomic mass is 9.85. The van der Waals surface area contributed by atoms with E-state index in [1.807, 2.05) is 24.3 Å². The number of nitrogens with zero attached hydrogens (tertiary/aromatic N) is 1. The fourth-order valence-electron chi connectivity index (χ4n) is 3.02. The van der Waals surface area contributed by atoms with E-state index in [9.17, 15) is 14.4 Å². The molecule has 0 aliphatic rings. The molecule has 0 unspecified atom stereocenters. The number of amides is 2. The Bertz CT molecular complexity index is 864. The van der Waals surface area contributed by atoms with E-state index in [2.05, 4.69) is 26.1 Å². The normalized spacial score (nSPS) is 11.0. The van der Waals surface area contributed by atoms with Crippen LogP contribution in [-0.2, 0) is 15.0 Å². The third-order valence-corrected chi connectivity index (χ3v) is 4.52. The second-order valence-corrected chi connectivity index (χ2v) is 7.87. The summed E-state index contributed by atoms with van der Waals surface area (Å²) in [5.74, 6) is -0.308. The maximum atomic E-state index is 12.4. The second-order valence-electron chi connectivity index (χ2n) is 7.87. The summed E-state index contributed by atoms with van der Waals surface area (Å²) in [6.45, 7) is 9.60. The van der Waals surface area contributed by atoms with Crippen LogP contribution in [0.3, 0.4) is 0 Å². The first kappa shape index (κ1) is 21.4. The van der Waals surface area contributed by atoms with Gasteiger partial charge in [-0.05, 0) is 48.2 Å². The van der Waals surface area contributed by atoms with Crippen LogP contribution in [0.4, 0.5) is 11.4 Å². The highest BCUT2D eigenvalue weighted by molar-refractivity contribution is 5.97. The van der Waals surface area contributed by atoms with Crippen LogP contribution in [0.25, 0.3) is 0 Å². The monoisotopic (exact) mass is 380 g/mol. The minimum absolute atomic E-state index is 0.0208. The molecule has 28 heavy (non-hydrogen) atoms. The first-order valence-corrected chi connectivity index (χ1v) is 9.38. The molecule has 0 spiro atoms. The molecule has 2 aromatic carbocycles. The summed E-state index contributed by atoms with van der Waals surface area (Å²) in [5.41, 5.74) is 3.00. The molecule has 1 N–H and O–H groups in total. The van der Waals surface area contributed by atoms with Gasteiger partial charge in [-0.3, -0.25) is 14.4 Å². The Balaban J connectivity index is 2.09. The molecule has 2 amide bonds. The van der Waals surface area contributed by atoms with Gasteiger partial charge in [0.1, 0.15) is 0 Å².